The summed E-state index contributed by atoms with van der Waals surface area (Å²) in [7, 11) is 0. The third-order valence-electron chi connectivity index (χ3n) is 2.22. The Balaban J connectivity index is 3.03. The van der Waals surface area contributed by atoms with E-state index >= 15 is 0 Å². The van der Waals surface area contributed by atoms with Gasteiger partial charge in [-0.3, -0.25) is 4.79 Å². The van der Waals surface area contributed by atoms with Crippen LogP contribution < -0.4 is 11.3 Å². The Bertz CT molecular complexity index is 558. The largest absolute Gasteiger partial charge is 0.425 e. The van der Waals surface area contributed by atoms with Crippen molar-refractivity contribution in [1.82, 2.24) is 4.73 Å². The van der Waals surface area contributed by atoms with Crippen LogP contribution in [0.4, 0.5) is 5.69 Å². The minimum atomic E-state index is -0.444. The molecule has 0 atom stereocenters. The molecule has 0 unspecified atom stereocenters. The maximum atomic E-state index is 11.2. The van der Waals surface area contributed by atoms with E-state index in [4.69, 9.17) is 5.73 Å². The van der Waals surface area contributed by atoms with Crippen LogP contribution in [0.1, 0.15) is 5.56 Å². The molecule has 2 rings (SSSR count). The van der Waals surface area contributed by atoms with Gasteiger partial charge in [-0.25, -0.2) is 0 Å². The van der Waals surface area contributed by atoms with Crippen LogP contribution in [0.25, 0.3) is 10.9 Å². The molecule has 4 nitrogen and oxygen atoms in total. The van der Waals surface area contributed by atoms with Crippen molar-refractivity contribution in [2.45, 2.75) is 6.92 Å². The summed E-state index contributed by atoms with van der Waals surface area (Å²) in [6.45, 7) is 1.82. The van der Waals surface area contributed by atoms with E-state index in [2.05, 4.69) is 0 Å². The van der Waals surface area contributed by atoms with Crippen LogP contribution in [-0.2, 0) is 0 Å². The van der Waals surface area contributed by atoms with Gasteiger partial charge in [-0.1, -0.05) is 6.07 Å². The molecule has 72 valence electrons. The van der Waals surface area contributed by atoms with Crippen molar-refractivity contribution in [3.05, 3.63) is 40.2 Å². The highest BCUT2D eigenvalue weighted by atomic mass is 16.5. The molecule has 0 aliphatic rings. The Kier molecular flexibility index (Phi) is 1.70. The highest BCUT2D eigenvalue weighted by Crippen LogP contribution is 2.18. The number of nitrogens with zero attached hydrogens (tertiary/aromatic N) is 1. The average molecular weight is 190 g/mol. The van der Waals surface area contributed by atoms with Crippen molar-refractivity contribution >= 4 is 16.6 Å². The molecule has 1 aromatic carbocycles. The molecule has 1 aromatic heterocycles. The Morgan fingerprint density at radius 3 is 2.79 bits per heavy atom. The number of pyridine rings is 1. The second-order valence-electron chi connectivity index (χ2n) is 3.25. The van der Waals surface area contributed by atoms with E-state index in [9.17, 15) is 10.0 Å². The van der Waals surface area contributed by atoms with E-state index in [1.54, 1.807) is 18.2 Å². The zero-order valence-electron chi connectivity index (χ0n) is 7.69. The lowest BCUT2D eigenvalue weighted by molar-refractivity contribution is 0.188. The molecule has 0 aliphatic heterocycles. The van der Waals surface area contributed by atoms with Gasteiger partial charge < -0.3 is 10.9 Å². The summed E-state index contributed by atoms with van der Waals surface area (Å²) in [5, 5.41) is 10.3. The van der Waals surface area contributed by atoms with Crippen LogP contribution in [0.3, 0.4) is 0 Å². The van der Waals surface area contributed by atoms with Crippen molar-refractivity contribution < 1.29 is 5.21 Å². The fourth-order valence-electron chi connectivity index (χ4n) is 1.50. The summed E-state index contributed by atoms with van der Waals surface area (Å²) in [4.78, 5) is 11.2. The average Bonchev–Trinajstić information content (AvgIpc) is 2.14. The van der Waals surface area contributed by atoms with Crippen molar-refractivity contribution in [3.63, 3.8) is 0 Å². The van der Waals surface area contributed by atoms with E-state index in [-0.39, 0.29) is 0 Å². The van der Waals surface area contributed by atoms with Crippen LogP contribution in [0.5, 0.6) is 0 Å². The molecule has 0 aliphatic carbocycles. The minimum Gasteiger partial charge on any atom is -0.425 e. The first kappa shape index (κ1) is 8.62. The Morgan fingerprint density at radius 2 is 2.07 bits per heavy atom. The maximum Gasteiger partial charge on any atom is 0.283 e. The molecule has 0 bridgehead atoms. The third kappa shape index (κ3) is 1.12. The monoisotopic (exact) mass is 190 g/mol. The molecule has 0 saturated heterocycles. The highest BCUT2D eigenvalue weighted by Gasteiger charge is 2.04. The second kappa shape index (κ2) is 2.77. The molecule has 0 saturated carbocycles. The van der Waals surface area contributed by atoms with Gasteiger partial charge in [-0.05, 0) is 24.6 Å². The van der Waals surface area contributed by atoms with E-state index in [0.717, 1.165) is 10.9 Å². The highest BCUT2D eigenvalue weighted by molar-refractivity contribution is 5.84. The van der Waals surface area contributed by atoms with E-state index in [1.807, 2.05) is 6.92 Å². The first-order valence-electron chi connectivity index (χ1n) is 4.21. The molecule has 1 heterocycles. The van der Waals surface area contributed by atoms with E-state index < -0.39 is 5.56 Å². The lowest BCUT2D eigenvalue weighted by Crippen LogP contribution is -2.17. The fraction of sp³-hybridized carbons (Fsp3) is 0.100. The van der Waals surface area contributed by atoms with Gasteiger partial charge in [0.2, 0.25) is 0 Å². The number of nitrogens with two attached hydrogens (primary N) is 1. The van der Waals surface area contributed by atoms with E-state index in [1.165, 1.54) is 6.07 Å². The van der Waals surface area contributed by atoms with Gasteiger partial charge in [0, 0.05) is 17.1 Å². The summed E-state index contributed by atoms with van der Waals surface area (Å²) in [5.41, 5.74) is 6.91. The van der Waals surface area contributed by atoms with E-state index in [0.29, 0.717) is 15.9 Å². The van der Waals surface area contributed by atoms with Crippen LogP contribution in [-0.4, -0.2) is 9.94 Å². The van der Waals surface area contributed by atoms with Gasteiger partial charge in [0.05, 0.1) is 5.52 Å². The van der Waals surface area contributed by atoms with Crippen molar-refractivity contribution in [2.24, 2.45) is 0 Å². The summed E-state index contributed by atoms with van der Waals surface area (Å²) >= 11 is 0. The smallest absolute Gasteiger partial charge is 0.283 e. The molecular weight excluding hydrogens is 180 g/mol. The number of benzene rings is 1. The van der Waals surface area contributed by atoms with Crippen LogP contribution in [0.15, 0.2) is 29.1 Å². The number of aromatic nitrogens is 1. The predicted octanol–water partition coefficient (Wildman–Crippen LogP) is 1.13. The number of anilines is 1. The quantitative estimate of drug-likeness (QED) is 0.483. The fourth-order valence-corrected chi connectivity index (χ4v) is 1.50. The van der Waals surface area contributed by atoms with Gasteiger partial charge in [-0.15, -0.1) is 4.73 Å². The molecule has 3 N–H and O–H groups in total. The zero-order chi connectivity index (χ0) is 10.3. The molecule has 0 amide bonds. The van der Waals surface area contributed by atoms with Gasteiger partial charge in [-0.2, -0.15) is 0 Å². The maximum absolute atomic E-state index is 11.2. The van der Waals surface area contributed by atoms with Crippen molar-refractivity contribution in [3.8, 4) is 0 Å². The molecule has 0 spiro atoms. The number of hydrogen-bond acceptors (Lipinski definition) is 3. The standard InChI is InChI=1S/C10H10N2O2/c1-6-4-10(13)12(14)9-5-7(11)2-3-8(6)9/h2-5,14H,11H2,1H3. The van der Waals surface area contributed by atoms with Crippen LogP contribution >= 0.6 is 0 Å². The number of aryl methyl sites for hydroxylation is 1. The topological polar surface area (TPSA) is 68.2 Å². The first-order valence-corrected chi connectivity index (χ1v) is 4.21. The normalized spacial score (nSPS) is 10.6. The molecule has 14 heavy (non-hydrogen) atoms. The number of rotatable bonds is 0. The lowest BCUT2D eigenvalue weighted by atomic mass is 10.1. The van der Waals surface area contributed by atoms with Crippen LogP contribution in [0, 0.1) is 6.92 Å². The van der Waals surface area contributed by atoms with Crippen molar-refractivity contribution in [1.29, 1.82) is 0 Å². The van der Waals surface area contributed by atoms with Gasteiger partial charge >= 0.3 is 0 Å². The molecule has 0 radical (unpaired) electrons. The minimum absolute atomic E-state index is 0.440. The van der Waals surface area contributed by atoms with Crippen LogP contribution in [0.2, 0.25) is 0 Å². The molecular formula is C10H10N2O2. The Morgan fingerprint density at radius 1 is 1.36 bits per heavy atom. The van der Waals surface area contributed by atoms with Gasteiger partial charge in [0.25, 0.3) is 5.56 Å². The molecule has 2 aromatic rings. The Labute approximate surface area is 80.2 Å². The Hall–Kier alpha value is -1.97. The van der Waals surface area contributed by atoms with Gasteiger partial charge in [0.1, 0.15) is 0 Å². The number of nitrogen functional groups attached to an aromatic ring is 1. The number of hydrogen-bond donors (Lipinski definition) is 2. The SMILES string of the molecule is Cc1cc(=O)n(O)c2cc(N)ccc12. The summed E-state index contributed by atoms with van der Waals surface area (Å²) < 4.78 is 0.610. The predicted molar refractivity (Wildman–Crippen MR) is 54.5 cm³/mol. The third-order valence-corrected chi connectivity index (χ3v) is 2.22. The summed E-state index contributed by atoms with van der Waals surface area (Å²) in [5.74, 6) is 0. The second-order valence-corrected chi connectivity index (χ2v) is 3.25. The summed E-state index contributed by atoms with van der Waals surface area (Å²) in [6.07, 6.45) is 0. The zero-order valence-corrected chi connectivity index (χ0v) is 7.69. The lowest BCUT2D eigenvalue weighted by Gasteiger charge is -2.06. The van der Waals surface area contributed by atoms with Gasteiger partial charge in [0.15, 0.2) is 0 Å². The summed E-state index contributed by atoms with van der Waals surface area (Å²) in [6, 6.07) is 6.48. The first-order chi connectivity index (χ1) is 6.59. The van der Waals surface area contributed by atoms with Crippen molar-refractivity contribution in [2.75, 3.05) is 5.73 Å². The number of fused-ring (bicyclic) bond motifs is 1. The molecule has 4 heteroatoms. The molecule has 0 fully saturated rings.